The van der Waals surface area contributed by atoms with Crippen molar-refractivity contribution in [2.24, 2.45) is 5.92 Å². The van der Waals surface area contributed by atoms with Crippen molar-refractivity contribution in [1.29, 1.82) is 0 Å². The molecule has 20 heavy (non-hydrogen) atoms. The van der Waals surface area contributed by atoms with Gasteiger partial charge in [-0.15, -0.1) is 0 Å². The molecular formula is C15H21ClN2O2. The molecule has 1 saturated heterocycles. The van der Waals surface area contributed by atoms with Gasteiger partial charge in [0.2, 0.25) is 0 Å². The second kappa shape index (κ2) is 6.95. The quantitative estimate of drug-likeness (QED) is 0.896. The maximum Gasteiger partial charge on any atom is 0.258 e. The zero-order chi connectivity index (χ0) is 14.5. The number of hydrogen-bond acceptors (Lipinski definition) is 3. The van der Waals surface area contributed by atoms with Gasteiger partial charge < -0.3 is 15.4 Å². The molecule has 110 valence electrons. The molecule has 1 aromatic rings. The Bertz CT molecular complexity index is 457. The fraction of sp³-hybridized carbons (Fsp3) is 0.533. The van der Waals surface area contributed by atoms with Crippen LogP contribution in [-0.2, 0) is 4.79 Å². The molecule has 1 fully saturated rings. The molecule has 3 unspecified atom stereocenters. The van der Waals surface area contributed by atoms with Crippen molar-refractivity contribution in [2.75, 3.05) is 13.2 Å². The first-order valence-electron chi connectivity index (χ1n) is 6.97. The fourth-order valence-electron chi connectivity index (χ4n) is 2.54. The van der Waals surface area contributed by atoms with Crippen LogP contribution in [0.5, 0.6) is 5.75 Å². The lowest BCUT2D eigenvalue weighted by Gasteiger charge is -2.35. The number of amides is 1. The molecule has 0 bridgehead atoms. The van der Waals surface area contributed by atoms with Gasteiger partial charge >= 0.3 is 0 Å². The zero-order valence-corrected chi connectivity index (χ0v) is 12.6. The largest absolute Gasteiger partial charge is 0.484 e. The molecule has 0 aromatic heterocycles. The Morgan fingerprint density at radius 3 is 3.00 bits per heavy atom. The highest BCUT2D eigenvalue weighted by atomic mass is 35.5. The summed E-state index contributed by atoms with van der Waals surface area (Å²) >= 11 is 5.87. The van der Waals surface area contributed by atoms with Gasteiger partial charge in [-0.3, -0.25) is 4.79 Å². The molecular weight excluding hydrogens is 276 g/mol. The molecule has 0 aliphatic carbocycles. The van der Waals surface area contributed by atoms with Crippen molar-refractivity contribution in [3.8, 4) is 5.75 Å². The lowest BCUT2D eigenvalue weighted by atomic mass is 9.89. The zero-order valence-electron chi connectivity index (χ0n) is 11.9. The van der Waals surface area contributed by atoms with Crippen LogP contribution in [0.3, 0.4) is 0 Å². The predicted octanol–water partition coefficient (Wildman–Crippen LogP) is 2.22. The summed E-state index contributed by atoms with van der Waals surface area (Å²) in [5.41, 5.74) is 0. The number of nitrogens with one attached hydrogen (secondary N) is 2. The smallest absolute Gasteiger partial charge is 0.258 e. The lowest BCUT2D eigenvalue weighted by molar-refractivity contribution is -0.124. The van der Waals surface area contributed by atoms with Crippen LogP contribution >= 0.6 is 11.6 Å². The van der Waals surface area contributed by atoms with Crippen molar-refractivity contribution < 1.29 is 9.53 Å². The SMILES string of the molecule is CC1CCNC(C)C1NC(=O)COc1cccc(Cl)c1. The van der Waals surface area contributed by atoms with Crippen molar-refractivity contribution in [3.05, 3.63) is 29.3 Å². The summed E-state index contributed by atoms with van der Waals surface area (Å²) in [7, 11) is 0. The van der Waals surface area contributed by atoms with Gasteiger partial charge in [0.05, 0.1) is 0 Å². The van der Waals surface area contributed by atoms with E-state index in [0.29, 0.717) is 16.7 Å². The molecule has 0 saturated carbocycles. The minimum Gasteiger partial charge on any atom is -0.484 e. The third kappa shape index (κ3) is 4.12. The highest BCUT2D eigenvalue weighted by Crippen LogP contribution is 2.18. The van der Waals surface area contributed by atoms with E-state index in [1.807, 2.05) is 0 Å². The van der Waals surface area contributed by atoms with Gasteiger partial charge in [-0.05, 0) is 44.0 Å². The maximum absolute atomic E-state index is 12.0. The average Bonchev–Trinajstić information content (AvgIpc) is 2.41. The Morgan fingerprint density at radius 1 is 1.50 bits per heavy atom. The molecule has 2 N–H and O–H groups in total. The molecule has 3 atom stereocenters. The summed E-state index contributed by atoms with van der Waals surface area (Å²) in [6.07, 6.45) is 1.07. The number of halogens is 1. The van der Waals surface area contributed by atoms with Gasteiger partial charge in [0.1, 0.15) is 5.75 Å². The second-order valence-electron chi connectivity index (χ2n) is 5.35. The van der Waals surface area contributed by atoms with E-state index in [4.69, 9.17) is 16.3 Å². The molecule has 1 aromatic carbocycles. The van der Waals surface area contributed by atoms with Crippen LogP contribution in [0.2, 0.25) is 5.02 Å². The van der Waals surface area contributed by atoms with E-state index in [9.17, 15) is 4.79 Å². The number of benzene rings is 1. The van der Waals surface area contributed by atoms with Crippen molar-refractivity contribution in [3.63, 3.8) is 0 Å². The van der Waals surface area contributed by atoms with Crippen molar-refractivity contribution in [2.45, 2.75) is 32.4 Å². The fourth-order valence-corrected chi connectivity index (χ4v) is 2.72. The minimum atomic E-state index is -0.0997. The van der Waals surface area contributed by atoms with E-state index in [1.54, 1.807) is 24.3 Å². The minimum absolute atomic E-state index is 0.0102. The van der Waals surface area contributed by atoms with E-state index in [0.717, 1.165) is 13.0 Å². The van der Waals surface area contributed by atoms with Crippen LogP contribution < -0.4 is 15.4 Å². The average molecular weight is 297 g/mol. The van der Waals surface area contributed by atoms with Gasteiger partial charge in [-0.2, -0.15) is 0 Å². The number of hydrogen-bond donors (Lipinski definition) is 2. The number of carbonyl (C=O) groups is 1. The topological polar surface area (TPSA) is 50.4 Å². The molecule has 1 aliphatic heterocycles. The third-order valence-electron chi connectivity index (χ3n) is 3.71. The number of rotatable bonds is 4. The summed E-state index contributed by atoms with van der Waals surface area (Å²) < 4.78 is 5.44. The van der Waals surface area contributed by atoms with Gasteiger partial charge in [-0.25, -0.2) is 0 Å². The number of piperidine rings is 1. The van der Waals surface area contributed by atoms with E-state index < -0.39 is 0 Å². The molecule has 4 nitrogen and oxygen atoms in total. The summed E-state index contributed by atoms with van der Waals surface area (Å²) in [4.78, 5) is 12.0. The number of ether oxygens (including phenoxy) is 1. The Labute approximate surface area is 124 Å². The summed E-state index contributed by atoms with van der Waals surface area (Å²) in [6.45, 7) is 5.28. The van der Waals surface area contributed by atoms with Gasteiger partial charge in [-0.1, -0.05) is 24.6 Å². The van der Waals surface area contributed by atoms with Crippen LogP contribution in [0, 0.1) is 5.92 Å². The first-order valence-corrected chi connectivity index (χ1v) is 7.35. The lowest BCUT2D eigenvalue weighted by Crippen LogP contribution is -2.56. The molecule has 2 rings (SSSR count). The van der Waals surface area contributed by atoms with Crippen molar-refractivity contribution in [1.82, 2.24) is 10.6 Å². The van der Waals surface area contributed by atoms with Crippen LogP contribution in [0.15, 0.2) is 24.3 Å². The Hall–Kier alpha value is -1.26. The Balaban J connectivity index is 1.83. The van der Waals surface area contributed by atoms with Crippen LogP contribution in [0.25, 0.3) is 0 Å². The standard InChI is InChI=1S/C15H21ClN2O2/c1-10-6-7-17-11(2)15(10)18-14(19)9-20-13-5-3-4-12(16)8-13/h3-5,8,10-11,15,17H,6-7,9H2,1-2H3,(H,18,19). The Morgan fingerprint density at radius 2 is 2.30 bits per heavy atom. The second-order valence-corrected chi connectivity index (χ2v) is 5.78. The van der Waals surface area contributed by atoms with Crippen LogP contribution in [-0.4, -0.2) is 31.1 Å². The Kier molecular flexibility index (Phi) is 5.26. The normalized spacial score (nSPS) is 26.1. The first-order chi connectivity index (χ1) is 9.56. The van der Waals surface area contributed by atoms with Gasteiger partial charge in [0.15, 0.2) is 6.61 Å². The first kappa shape index (κ1) is 15.1. The molecule has 1 heterocycles. The third-order valence-corrected chi connectivity index (χ3v) is 3.95. The molecule has 5 heteroatoms. The summed E-state index contributed by atoms with van der Waals surface area (Å²) in [5, 5.41) is 7.02. The van der Waals surface area contributed by atoms with E-state index in [1.165, 1.54) is 0 Å². The highest BCUT2D eigenvalue weighted by molar-refractivity contribution is 6.30. The summed E-state index contributed by atoms with van der Waals surface area (Å²) in [6, 6.07) is 7.48. The van der Waals surface area contributed by atoms with Gasteiger partial charge in [0.25, 0.3) is 5.91 Å². The predicted molar refractivity (Wildman–Crippen MR) is 80.1 cm³/mol. The van der Waals surface area contributed by atoms with Crippen LogP contribution in [0.4, 0.5) is 0 Å². The van der Waals surface area contributed by atoms with E-state index >= 15 is 0 Å². The molecule has 0 radical (unpaired) electrons. The summed E-state index contributed by atoms with van der Waals surface area (Å²) in [5.74, 6) is 0.981. The molecule has 1 aliphatic rings. The maximum atomic E-state index is 12.0. The van der Waals surface area contributed by atoms with E-state index in [-0.39, 0.29) is 24.6 Å². The monoisotopic (exact) mass is 296 g/mol. The molecule has 1 amide bonds. The van der Waals surface area contributed by atoms with E-state index in [2.05, 4.69) is 24.5 Å². The van der Waals surface area contributed by atoms with Crippen molar-refractivity contribution >= 4 is 17.5 Å². The molecule has 0 spiro atoms. The van der Waals surface area contributed by atoms with Gasteiger partial charge in [0, 0.05) is 17.1 Å². The number of carbonyl (C=O) groups excluding carboxylic acids is 1. The van der Waals surface area contributed by atoms with Crippen LogP contribution in [0.1, 0.15) is 20.3 Å². The highest BCUT2D eigenvalue weighted by Gasteiger charge is 2.28.